The van der Waals surface area contributed by atoms with Crippen LogP contribution in [0.4, 0.5) is 17.2 Å². The van der Waals surface area contributed by atoms with Gasteiger partial charge in [-0.3, -0.25) is 0 Å². The van der Waals surface area contributed by atoms with Gasteiger partial charge in [0, 0.05) is 24.0 Å². The number of nitrogens with zero attached hydrogens (tertiary/aromatic N) is 2. The lowest BCUT2D eigenvalue weighted by Gasteiger charge is -2.19. The van der Waals surface area contributed by atoms with E-state index in [2.05, 4.69) is 32.7 Å². The number of ether oxygens (including phenoxy) is 1. The zero-order valence-electron chi connectivity index (χ0n) is 10.8. The lowest BCUT2D eigenvalue weighted by molar-refractivity contribution is 0.397. The predicted octanol–water partition coefficient (Wildman–Crippen LogP) is 2.59. The van der Waals surface area contributed by atoms with Crippen LogP contribution < -0.4 is 15.4 Å². The Hall–Kier alpha value is -2.30. The third kappa shape index (κ3) is 2.59. The number of aryl methyl sites for hydroxylation is 1. The summed E-state index contributed by atoms with van der Waals surface area (Å²) in [5, 5.41) is 6.67. The van der Waals surface area contributed by atoms with Crippen molar-refractivity contribution in [2.45, 2.75) is 12.8 Å². The van der Waals surface area contributed by atoms with E-state index in [-0.39, 0.29) is 0 Å². The van der Waals surface area contributed by atoms with Gasteiger partial charge in [0.1, 0.15) is 12.1 Å². The van der Waals surface area contributed by atoms with Crippen LogP contribution in [-0.2, 0) is 6.42 Å². The van der Waals surface area contributed by atoms with Gasteiger partial charge in [-0.15, -0.1) is 0 Å². The van der Waals surface area contributed by atoms with Crippen molar-refractivity contribution in [3.8, 4) is 5.88 Å². The highest BCUT2D eigenvalue weighted by Gasteiger charge is 2.09. The molecule has 0 aliphatic carbocycles. The summed E-state index contributed by atoms with van der Waals surface area (Å²) in [5.74, 6) is 1.28. The monoisotopic (exact) mass is 256 g/mol. The Kier molecular flexibility index (Phi) is 3.18. The molecule has 0 fully saturated rings. The molecule has 0 saturated heterocycles. The first-order valence-corrected chi connectivity index (χ1v) is 6.35. The summed E-state index contributed by atoms with van der Waals surface area (Å²) in [4.78, 5) is 8.16. The van der Waals surface area contributed by atoms with Gasteiger partial charge in [-0.1, -0.05) is 0 Å². The molecular weight excluding hydrogens is 240 g/mol. The summed E-state index contributed by atoms with van der Waals surface area (Å²) in [6.07, 6.45) is 3.78. The van der Waals surface area contributed by atoms with Gasteiger partial charge in [0.05, 0.1) is 7.11 Å². The second kappa shape index (κ2) is 5.14. The average molecular weight is 256 g/mol. The highest BCUT2D eigenvalue weighted by molar-refractivity contribution is 5.64. The van der Waals surface area contributed by atoms with Crippen molar-refractivity contribution in [3.05, 3.63) is 36.2 Å². The molecule has 5 nitrogen and oxygen atoms in total. The Morgan fingerprint density at radius 1 is 1.26 bits per heavy atom. The van der Waals surface area contributed by atoms with E-state index in [9.17, 15) is 0 Å². The van der Waals surface area contributed by atoms with Crippen LogP contribution in [0.5, 0.6) is 5.88 Å². The van der Waals surface area contributed by atoms with Crippen molar-refractivity contribution < 1.29 is 4.74 Å². The maximum Gasteiger partial charge on any atom is 0.218 e. The minimum absolute atomic E-state index is 0.553. The molecule has 0 radical (unpaired) electrons. The van der Waals surface area contributed by atoms with Gasteiger partial charge in [-0.2, -0.15) is 0 Å². The van der Waals surface area contributed by atoms with Crippen LogP contribution in [0.1, 0.15) is 12.0 Å². The highest BCUT2D eigenvalue weighted by Crippen LogP contribution is 2.26. The lowest BCUT2D eigenvalue weighted by atomic mass is 10.0. The first kappa shape index (κ1) is 11.8. The molecule has 0 bridgehead atoms. The summed E-state index contributed by atoms with van der Waals surface area (Å²) in [5.41, 5.74) is 3.61. The summed E-state index contributed by atoms with van der Waals surface area (Å²) >= 11 is 0. The number of fused-ring (bicyclic) bond motifs is 1. The van der Waals surface area contributed by atoms with Crippen LogP contribution in [0.15, 0.2) is 30.6 Å². The van der Waals surface area contributed by atoms with E-state index in [1.54, 1.807) is 13.2 Å². The first-order chi connectivity index (χ1) is 9.35. The smallest absolute Gasteiger partial charge is 0.218 e. The number of benzene rings is 1. The van der Waals surface area contributed by atoms with E-state index in [1.165, 1.54) is 24.0 Å². The molecule has 5 heteroatoms. The molecule has 2 N–H and O–H groups in total. The summed E-state index contributed by atoms with van der Waals surface area (Å²) in [6, 6.07) is 8.09. The van der Waals surface area contributed by atoms with Crippen molar-refractivity contribution >= 4 is 17.2 Å². The molecule has 0 spiro atoms. The second-order valence-corrected chi connectivity index (χ2v) is 4.47. The Labute approximate surface area is 112 Å². The molecule has 1 aliphatic heterocycles. The molecular formula is C14H16N4O. The van der Waals surface area contributed by atoms with Crippen LogP contribution in [-0.4, -0.2) is 23.6 Å². The molecule has 1 aromatic heterocycles. The van der Waals surface area contributed by atoms with Gasteiger partial charge in [0.25, 0.3) is 0 Å². The van der Waals surface area contributed by atoms with Crippen molar-refractivity contribution in [1.82, 2.24) is 9.97 Å². The molecule has 0 unspecified atom stereocenters. The van der Waals surface area contributed by atoms with Crippen molar-refractivity contribution in [2.24, 2.45) is 0 Å². The normalized spacial score (nSPS) is 13.3. The van der Waals surface area contributed by atoms with Gasteiger partial charge >= 0.3 is 0 Å². The van der Waals surface area contributed by atoms with Crippen LogP contribution in [0.25, 0.3) is 0 Å². The molecule has 3 rings (SSSR count). The topological polar surface area (TPSA) is 59.1 Å². The number of hydrogen-bond acceptors (Lipinski definition) is 5. The molecule has 19 heavy (non-hydrogen) atoms. The largest absolute Gasteiger partial charge is 0.481 e. The van der Waals surface area contributed by atoms with Crippen LogP contribution >= 0.6 is 0 Å². The van der Waals surface area contributed by atoms with Crippen LogP contribution in [0, 0.1) is 0 Å². The number of rotatable bonds is 3. The SMILES string of the molecule is COc1cc(Nc2ccc3c(c2)CCCN3)ncn1. The average Bonchev–Trinajstić information content (AvgIpc) is 2.47. The number of aromatic nitrogens is 2. The Balaban J connectivity index is 1.82. The fourth-order valence-corrected chi connectivity index (χ4v) is 2.22. The lowest BCUT2D eigenvalue weighted by Crippen LogP contribution is -2.11. The second-order valence-electron chi connectivity index (χ2n) is 4.47. The molecule has 1 aromatic carbocycles. The van der Waals surface area contributed by atoms with Gasteiger partial charge in [0.2, 0.25) is 5.88 Å². The van der Waals surface area contributed by atoms with Crippen molar-refractivity contribution in [1.29, 1.82) is 0 Å². The van der Waals surface area contributed by atoms with E-state index in [1.807, 2.05) is 6.07 Å². The number of methoxy groups -OCH3 is 1. The molecule has 98 valence electrons. The molecule has 0 amide bonds. The van der Waals surface area contributed by atoms with E-state index in [4.69, 9.17) is 4.74 Å². The fraction of sp³-hybridized carbons (Fsp3) is 0.286. The third-order valence-corrected chi connectivity index (χ3v) is 3.17. The number of hydrogen-bond donors (Lipinski definition) is 2. The van der Waals surface area contributed by atoms with Gasteiger partial charge in [-0.25, -0.2) is 9.97 Å². The maximum absolute atomic E-state index is 5.08. The summed E-state index contributed by atoms with van der Waals surface area (Å²) in [7, 11) is 1.59. The van der Waals surface area contributed by atoms with E-state index >= 15 is 0 Å². The zero-order valence-corrected chi connectivity index (χ0v) is 10.8. The minimum atomic E-state index is 0.553. The Morgan fingerprint density at radius 2 is 2.21 bits per heavy atom. The van der Waals surface area contributed by atoms with Gasteiger partial charge < -0.3 is 15.4 Å². The Morgan fingerprint density at radius 3 is 3.11 bits per heavy atom. The van der Waals surface area contributed by atoms with Crippen LogP contribution in [0.3, 0.4) is 0 Å². The standard InChI is InChI=1S/C14H16N4O/c1-19-14-8-13(16-9-17-14)18-11-4-5-12-10(7-11)3-2-6-15-12/h4-5,7-9,15H,2-3,6H2,1H3,(H,16,17,18). The molecule has 1 aliphatic rings. The number of nitrogens with one attached hydrogen (secondary N) is 2. The van der Waals surface area contributed by atoms with E-state index < -0.39 is 0 Å². The summed E-state index contributed by atoms with van der Waals surface area (Å²) < 4.78 is 5.08. The number of anilines is 3. The van der Waals surface area contributed by atoms with Crippen molar-refractivity contribution in [3.63, 3.8) is 0 Å². The van der Waals surface area contributed by atoms with E-state index in [0.717, 1.165) is 24.5 Å². The molecule has 2 aromatic rings. The fourth-order valence-electron chi connectivity index (χ4n) is 2.22. The zero-order chi connectivity index (χ0) is 13.1. The maximum atomic E-state index is 5.08. The Bertz CT molecular complexity index is 585. The molecule has 0 saturated carbocycles. The minimum Gasteiger partial charge on any atom is -0.481 e. The van der Waals surface area contributed by atoms with Gasteiger partial charge in [-0.05, 0) is 36.6 Å². The highest BCUT2D eigenvalue weighted by atomic mass is 16.5. The van der Waals surface area contributed by atoms with Crippen molar-refractivity contribution in [2.75, 3.05) is 24.3 Å². The van der Waals surface area contributed by atoms with Crippen LogP contribution in [0.2, 0.25) is 0 Å². The first-order valence-electron chi connectivity index (χ1n) is 6.35. The predicted molar refractivity (Wildman–Crippen MR) is 75.1 cm³/mol. The summed E-state index contributed by atoms with van der Waals surface area (Å²) in [6.45, 7) is 1.06. The molecule has 2 heterocycles. The van der Waals surface area contributed by atoms with Gasteiger partial charge in [0.15, 0.2) is 0 Å². The molecule has 0 atom stereocenters. The quantitative estimate of drug-likeness (QED) is 0.884. The van der Waals surface area contributed by atoms with E-state index in [0.29, 0.717) is 5.88 Å². The third-order valence-electron chi connectivity index (χ3n) is 3.17.